The molecule has 20 heavy (non-hydrogen) atoms. The van der Waals surface area contributed by atoms with Crippen LogP contribution in [0.3, 0.4) is 0 Å². The van der Waals surface area contributed by atoms with Crippen LogP contribution in [0, 0.1) is 6.92 Å². The molecule has 0 amide bonds. The number of hydrogen-bond acceptors (Lipinski definition) is 3. The van der Waals surface area contributed by atoms with Gasteiger partial charge in [0.15, 0.2) is 5.78 Å². The van der Waals surface area contributed by atoms with Crippen molar-refractivity contribution in [1.82, 2.24) is 9.78 Å². The predicted octanol–water partition coefficient (Wildman–Crippen LogP) is 3.02. The zero-order valence-corrected chi connectivity index (χ0v) is 12.0. The summed E-state index contributed by atoms with van der Waals surface area (Å²) in [6, 6.07) is 7.64. The molecule has 104 valence electrons. The zero-order chi connectivity index (χ0) is 14.5. The molecule has 0 N–H and O–H groups in total. The van der Waals surface area contributed by atoms with Crippen LogP contribution in [0.4, 0.5) is 0 Å². The first-order valence-electron chi connectivity index (χ1n) is 6.56. The van der Waals surface area contributed by atoms with Crippen LogP contribution < -0.4 is 4.74 Å². The van der Waals surface area contributed by atoms with Gasteiger partial charge >= 0.3 is 0 Å². The molecule has 4 heteroatoms. The molecule has 4 nitrogen and oxygen atoms in total. The SMILES string of the molecule is CCOc1ccccc1/C=C\C(=O)c1cn(C)nc1C. The highest BCUT2D eigenvalue weighted by atomic mass is 16.5. The molecule has 0 aliphatic heterocycles. The Bertz CT molecular complexity index is 642. The summed E-state index contributed by atoms with van der Waals surface area (Å²) < 4.78 is 7.17. The minimum absolute atomic E-state index is 0.0538. The van der Waals surface area contributed by atoms with E-state index in [9.17, 15) is 4.79 Å². The molecule has 0 unspecified atom stereocenters. The minimum Gasteiger partial charge on any atom is -0.493 e. The summed E-state index contributed by atoms with van der Waals surface area (Å²) in [7, 11) is 1.80. The zero-order valence-electron chi connectivity index (χ0n) is 12.0. The Labute approximate surface area is 118 Å². The molecule has 0 atom stereocenters. The summed E-state index contributed by atoms with van der Waals surface area (Å²) >= 11 is 0. The van der Waals surface area contributed by atoms with Crippen LogP contribution in [0.1, 0.15) is 28.5 Å². The van der Waals surface area contributed by atoms with E-state index in [-0.39, 0.29) is 5.78 Å². The van der Waals surface area contributed by atoms with E-state index < -0.39 is 0 Å². The highest BCUT2D eigenvalue weighted by molar-refractivity contribution is 6.07. The van der Waals surface area contributed by atoms with E-state index in [0.717, 1.165) is 17.0 Å². The number of ketones is 1. The summed E-state index contributed by atoms with van der Waals surface area (Å²) in [6.45, 7) is 4.36. The van der Waals surface area contributed by atoms with E-state index in [1.807, 2.05) is 38.1 Å². The maximum atomic E-state index is 12.1. The van der Waals surface area contributed by atoms with Gasteiger partial charge in [0.1, 0.15) is 5.75 Å². The number of hydrogen-bond donors (Lipinski definition) is 0. The second kappa shape index (κ2) is 6.19. The van der Waals surface area contributed by atoms with Crippen molar-refractivity contribution in [3.8, 4) is 5.75 Å². The van der Waals surface area contributed by atoms with Crippen LogP contribution in [0.15, 0.2) is 36.5 Å². The Hall–Kier alpha value is -2.36. The molecule has 0 aliphatic carbocycles. The lowest BCUT2D eigenvalue weighted by molar-refractivity contribution is 0.104. The van der Waals surface area contributed by atoms with E-state index in [0.29, 0.717) is 12.2 Å². The van der Waals surface area contributed by atoms with E-state index in [2.05, 4.69) is 5.10 Å². The first kappa shape index (κ1) is 14.1. The molecule has 0 saturated heterocycles. The number of aryl methyl sites for hydroxylation is 2. The number of carbonyl (C=O) groups excluding carboxylic acids is 1. The standard InChI is InChI=1S/C16H18N2O2/c1-4-20-16-8-6-5-7-13(16)9-10-15(19)14-11-18(3)17-12(14)2/h5-11H,4H2,1-3H3/b10-9-. The maximum Gasteiger partial charge on any atom is 0.189 e. The van der Waals surface area contributed by atoms with Gasteiger partial charge in [-0.1, -0.05) is 18.2 Å². The van der Waals surface area contributed by atoms with Crippen molar-refractivity contribution >= 4 is 11.9 Å². The van der Waals surface area contributed by atoms with Gasteiger partial charge in [0.25, 0.3) is 0 Å². The first-order chi connectivity index (χ1) is 9.61. The maximum absolute atomic E-state index is 12.1. The van der Waals surface area contributed by atoms with Crippen molar-refractivity contribution in [1.29, 1.82) is 0 Å². The van der Waals surface area contributed by atoms with Crippen LogP contribution in [-0.4, -0.2) is 22.2 Å². The van der Waals surface area contributed by atoms with Gasteiger partial charge in [0, 0.05) is 18.8 Å². The van der Waals surface area contributed by atoms with Crippen LogP contribution in [0.5, 0.6) is 5.75 Å². The van der Waals surface area contributed by atoms with E-state index >= 15 is 0 Å². The fraction of sp³-hybridized carbons (Fsp3) is 0.250. The Morgan fingerprint density at radius 3 is 2.80 bits per heavy atom. The summed E-state index contributed by atoms with van der Waals surface area (Å²) in [5, 5.41) is 4.17. The third kappa shape index (κ3) is 3.15. The Balaban J connectivity index is 2.21. The van der Waals surface area contributed by atoms with Gasteiger partial charge in [0.05, 0.1) is 17.9 Å². The number of nitrogens with zero attached hydrogens (tertiary/aromatic N) is 2. The number of rotatable bonds is 5. The summed E-state index contributed by atoms with van der Waals surface area (Å²) in [4.78, 5) is 12.1. The van der Waals surface area contributed by atoms with E-state index in [1.165, 1.54) is 0 Å². The summed E-state index contributed by atoms with van der Waals surface area (Å²) in [6.07, 6.45) is 5.07. The fourth-order valence-corrected chi connectivity index (χ4v) is 2.00. The average molecular weight is 270 g/mol. The second-order valence-electron chi connectivity index (χ2n) is 4.47. The molecule has 0 bridgehead atoms. The van der Waals surface area contributed by atoms with Crippen LogP contribution >= 0.6 is 0 Å². The number of aromatic nitrogens is 2. The van der Waals surface area contributed by atoms with Gasteiger partial charge in [-0.2, -0.15) is 5.10 Å². The topological polar surface area (TPSA) is 44.1 Å². The third-order valence-electron chi connectivity index (χ3n) is 2.91. The summed E-state index contributed by atoms with van der Waals surface area (Å²) in [5.41, 5.74) is 2.25. The lowest BCUT2D eigenvalue weighted by Gasteiger charge is -2.05. The van der Waals surface area contributed by atoms with Crippen molar-refractivity contribution in [2.24, 2.45) is 7.05 Å². The Kier molecular flexibility index (Phi) is 4.35. The van der Waals surface area contributed by atoms with Crippen LogP contribution in [0.25, 0.3) is 6.08 Å². The summed E-state index contributed by atoms with van der Waals surface area (Å²) in [5.74, 6) is 0.726. The lowest BCUT2D eigenvalue weighted by Crippen LogP contribution is -1.96. The molecule has 0 aliphatic rings. The van der Waals surface area contributed by atoms with Crippen LogP contribution in [-0.2, 0) is 7.05 Å². The Morgan fingerprint density at radius 2 is 2.15 bits per heavy atom. The number of allylic oxidation sites excluding steroid dienone is 1. The van der Waals surface area contributed by atoms with Crippen molar-refractivity contribution in [2.45, 2.75) is 13.8 Å². The van der Waals surface area contributed by atoms with Crippen molar-refractivity contribution < 1.29 is 9.53 Å². The molecule has 0 saturated carbocycles. The number of carbonyl (C=O) groups is 1. The highest BCUT2D eigenvalue weighted by Crippen LogP contribution is 2.19. The molecule has 1 aromatic heterocycles. The average Bonchev–Trinajstić information content (AvgIpc) is 2.77. The van der Waals surface area contributed by atoms with Crippen molar-refractivity contribution in [3.05, 3.63) is 53.4 Å². The van der Waals surface area contributed by atoms with Crippen LogP contribution in [0.2, 0.25) is 0 Å². The quantitative estimate of drug-likeness (QED) is 0.619. The number of benzene rings is 1. The normalized spacial score (nSPS) is 10.9. The molecular weight excluding hydrogens is 252 g/mol. The van der Waals surface area contributed by atoms with Gasteiger partial charge in [-0.05, 0) is 32.1 Å². The molecule has 1 heterocycles. The van der Waals surface area contributed by atoms with Crippen molar-refractivity contribution in [2.75, 3.05) is 6.61 Å². The van der Waals surface area contributed by atoms with Crippen molar-refractivity contribution in [3.63, 3.8) is 0 Å². The Morgan fingerprint density at radius 1 is 1.40 bits per heavy atom. The molecule has 1 aromatic carbocycles. The van der Waals surface area contributed by atoms with Gasteiger partial charge in [-0.25, -0.2) is 0 Å². The van der Waals surface area contributed by atoms with Gasteiger partial charge in [-0.3, -0.25) is 9.48 Å². The predicted molar refractivity (Wildman–Crippen MR) is 78.9 cm³/mol. The minimum atomic E-state index is -0.0538. The van der Waals surface area contributed by atoms with Gasteiger partial charge in [0.2, 0.25) is 0 Å². The molecule has 0 fully saturated rings. The largest absolute Gasteiger partial charge is 0.493 e. The fourth-order valence-electron chi connectivity index (χ4n) is 2.00. The lowest BCUT2D eigenvalue weighted by atomic mass is 10.1. The molecule has 0 radical (unpaired) electrons. The highest BCUT2D eigenvalue weighted by Gasteiger charge is 2.09. The van der Waals surface area contributed by atoms with E-state index in [4.69, 9.17) is 4.74 Å². The molecule has 0 spiro atoms. The monoisotopic (exact) mass is 270 g/mol. The smallest absolute Gasteiger partial charge is 0.189 e. The molecule has 2 rings (SSSR count). The molecular formula is C16H18N2O2. The number of para-hydroxylation sites is 1. The first-order valence-corrected chi connectivity index (χ1v) is 6.56. The van der Waals surface area contributed by atoms with Gasteiger partial charge < -0.3 is 4.74 Å². The second-order valence-corrected chi connectivity index (χ2v) is 4.47. The number of ether oxygens (including phenoxy) is 1. The van der Waals surface area contributed by atoms with E-state index in [1.54, 1.807) is 30.1 Å². The molecule has 2 aromatic rings. The third-order valence-corrected chi connectivity index (χ3v) is 2.91. The van der Waals surface area contributed by atoms with Gasteiger partial charge in [-0.15, -0.1) is 0 Å².